The molecule has 1 aliphatic heterocycles. The van der Waals surface area contributed by atoms with Crippen molar-refractivity contribution in [3.63, 3.8) is 0 Å². The van der Waals surface area contributed by atoms with Gasteiger partial charge in [-0.1, -0.05) is 41.9 Å². The van der Waals surface area contributed by atoms with Crippen LogP contribution in [-0.4, -0.2) is 41.3 Å². The number of likely N-dealkylation sites (tertiary alicyclic amines) is 1. The molecule has 128 valence electrons. The minimum absolute atomic E-state index is 0.502. The first-order chi connectivity index (χ1) is 11.6. The summed E-state index contributed by atoms with van der Waals surface area (Å²) >= 11 is 6.07. The summed E-state index contributed by atoms with van der Waals surface area (Å²) < 4.78 is 0. The van der Waals surface area contributed by atoms with Crippen LogP contribution in [0, 0.1) is 13.8 Å². The monoisotopic (exact) mass is 344 g/mol. The molecular formula is C19H25ClN4. The van der Waals surface area contributed by atoms with Crippen LogP contribution in [0.5, 0.6) is 0 Å². The van der Waals surface area contributed by atoms with E-state index in [2.05, 4.69) is 64.3 Å². The fraction of sp³-hybridized carbons (Fsp3) is 0.474. The second-order valence-electron chi connectivity index (χ2n) is 6.67. The molecule has 2 heterocycles. The topological polar surface area (TPSA) is 32.3 Å². The van der Waals surface area contributed by atoms with Crippen LogP contribution >= 0.6 is 11.6 Å². The second-order valence-corrected chi connectivity index (χ2v) is 7.03. The third kappa shape index (κ3) is 3.70. The van der Waals surface area contributed by atoms with Gasteiger partial charge in [0.05, 0.1) is 0 Å². The van der Waals surface area contributed by atoms with Crippen LogP contribution in [0.4, 0.5) is 5.82 Å². The molecular weight excluding hydrogens is 320 g/mol. The minimum Gasteiger partial charge on any atom is -0.355 e. The summed E-state index contributed by atoms with van der Waals surface area (Å²) in [7, 11) is 2.13. The Kier molecular flexibility index (Phi) is 5.36. The van der Waals surface area contributed by atoms with Gasteiger partial charge in [0.25, 0.3) is 0 Å². The largest absolute Gasteiger partial charge is 0.355 e. The van der Waals surface area contributed by atoms with E-state index in [1.54, 1.807) is 0 Å². The Labute approximate surface area is 149 Å². The van der Waals surface area contributed by atoms with Crippen molar-refractivity contribution in [1.82, 2.24) is 15.1 Å². The Bertz CT molecular complexity index is 681. The molecule has 0 amide bonds. The molecule has 0 radical (unpaired) electrons. The summed E-state index contributed by atoms with van der Waals surface area (Å²) in [6.07, 6.45) is 2.29. The number of anilines is 1. The number of piperidine rings is 1. The summed E-state index contributed by atoms with van der Waals surface area (Å²) in [5.74, 6) is 0.957. The maximum Gasteiger partial charge on any atom is 0.155 e. The van der Waals surface area contributed by atoms with Crippen LogP contribution in [0.15, 0.2) is 30.3 Å². The zero-order valence-corrected chi connectivity index (χ0v) is 15.4. The summed E-state index contributed by atoms with van der Waals surface area (Å²) in [4.78, 5) is 4.82. The highest BCUT2D eigenvalue weighted by atomic mass is 35.5. The zero-order chi connectivity index (χ0) is 17.1. The van der Waals surface area contributed by atoms with Crippen molar-refractivity contribution in [2.24, 2.45) is 0 Å². The first-order valence-electron chi connectivity index (χ1n) is 8.54. The third-order valence-corrected chi connectivity index (χ3v) is 5.49. The van der Waals surface area contributed by atoms with Crippen LogP contribution in [0.25, 0.3) is 0 Å². The summed E-state index contributed by atoms with van der Waals surface area (Å²) in [5.41, 5.74) is 3.54. The van der Waals surface area contributed by atoms with Crippen LogP contribution < -0.4 is 4.90 Å². The average molecular weight is 345 g/mol. The lowest BCUT2D eigenvalue weighted by molar-refractivity contribution is 0.203. The highest BCUT2D eigenvalue weighted by Gasteiger charge is 2.25. The van der Waals surface area contributed by atoms with Gasteiger partial charge in [-0.15, -0.1) is 10.2 Å². The van der Waals surface area contributed by atoms with E-state index in [0.29, 0.717) is 11.2 Å². The van der Waals surface area contributed by atoms with Crippen molar-refractivity contribution < 1.29 is 0 Å². The van der Waals surface area contributed by atoms with Crippen LogP contribution in [0.2, 0.25) is 5.15 Å². The van der Waals surface area contributed by atoms with E-state index in [0.717, 1.165) is 49.4 Å². The molecule has 1 aromatic heterocycles. The third-order valence-electron chi connectivity index (χ3n) is 5.13. The Balaban J connectivity index is 1.61. The van der Waals surface area contributed by atoms with E-state index in [-0.39, 0.29) is 0 Å². The highest BCUT2D eigenvalue weighted by molar-refractivity contribution is 6.30. The van der Waals surface area contributed by atoms with Crippen molar-refractivity contribution in [1.29, 1.82) is 0 Å². The van der Waals surface area contributed by atoms with Gasteiger partial charge < -0.3 is 4.90 Å². The summed E-state index contributed by atoms with van der Waals surface area (Å²) in [6, 6.07) is 11.2. The molecule has 4 nitrogen and oxygen atoms in total. The normalized spacial score (nSPS) is 16.3. The predicted octanol–water partition coefficient (Wildman–Crippen LogP) is 3.85. The van der Waals surface area contributed by atoms with Gasteiger partial charge >= 0.3 is 0 Å². The average Bonchev–Trinajstić information content (AvgIpc) is 2.61. The molecule has 1 fully saturated rings. The molecule has 0 bridgehead atoms. The maximum atomic E-state index is 6.07. The molecule has 0 saturated carbocycles. The van der Waals surface area contributed by atoms with E-state index in [1.807, 2.05) is 6.92 Å². The van der Waals surface area contributed by atoms with Gasteiger partial charge in [-0.3, -0.25) is 4.90 Å². The lowest BCUT2D eigenvalue weighted by atomic mass is 10.0. The van der Waals surface area contributed by atoms with Gasteiger partial charge in [0.15, 0.2) is 11.0 Å². The van der Waals surface area contributed by atoms with Gasteiger partial charge in [-0.25, -0.2) is 0 Å². The fourth-order valence-corrected chi connectivity index (χ4v) is 3.56. The van der Waals surface area contributed by atoms with Gasteiger partial charge in [0.1, 0.15) is 0 Å². The number of rotatable bonds is 4. The highest BCUT2D eigenvalue weighted by Crippen LogP contribution is 2.27. The number of benzene rings is 1. The smallest absolute Gasteiger partial charge is 0.155 e. The number of hydrogen-bond acceptors (Lipinski definition) is 4. The van der Waals surface area contributed by atoms with Gasteiger partial charge in [-0.2, -0.15) is 0 Å². The molecule has 2 aromatic rings. The molecule has 1 aliphatic rings. The van der Waals surface area contributed by atoms with E-state index in [9.17, 15) is 0 Å². The molecule has 0 N–H and O–H groups in total. The van der Waals surface area contributed by atoms with Gasteiger partial charge in [0, 0.05) is 32.7 Å². The van der Waals surface area contributed by atoms with Crippen molar-refractivity contribution in [2.75, 3.05) is 25.0 Å². The van der Waals surface area contributed by atoms with Crippen molar-refractivity contribution in [2.45, 2.75) is 39.3 Å². The van der Waals surface area contributed by atoms with Gasteiger partial charge in [-0.05, 0) is 43.4 Å². The van der Waals surface area contributed by atoms with Crippen molar-refractivity contribution in [3.8, 4) is 0 Å². The van der Waals surface area contributed by atoms with Gasteiger partial charge in [0.2, 0.25) is 0 Å². The quantitative estimate of drug-likeness (QED) is 0.843. The molecule has 3 rings (SSSR count). The zero-order valence-electron chi connectivity index (χ0n) is 14.7. The van der Waals surface area contributed by atoms with Crippen molar-refractivity contribution in [3.05, 3.63) is 52.2 Å². The first kappa shape index (κ1) is 17.2. The van der Waals surface area contributed by atoms with E-state index in [4.69, 9.17) is 11.6 Å². The molecule has 0 unspecified atom stereocenters. The lowest BCUT2D eigenvalue weighted by Crippen LogP contribution is -2.43. The van der Waals surface area contributed by atoms with E-state index in [1.165, 1.54) is 5.56 Å². The number of nitrogens with zero attached hydrogens (tertiary/aromatic N) is 4. The molecule has 1 aromatic carbocycles. The molecule has 5 heteroatoms. The Hall–Kier alpha value is -1.65. The van der Waals surface area contributed by atoms with Crippen LogP contribution in [0.3, 0.4) is 0 Å². The molecule has 0 aliphatic carbocycles. The molecule has 0 spiro atoms. The summed E-state index contributed by atoms with van der Waals surface area (Å²) in [5, 5.41) is 8.92. The Morgan fingerprint density at radius 2 is 1.75 bits per heavy atom. The lowest BCUT2D eigenvalue weighted by Gasteiger charge is -2.37. The van der Waals surface area contributed by atoms with E-state index >= 15 is 0 Å². The standard InChI is InChI=1S/C19H25ClN4/c1-14-15(2)19(22-21-18(14)20)23(3)17-9-11-24(12-10-17)13-16-7-5-4-6-8-16/h4-8,17H,9-13H2,1-3H3. The number of halogens is 1. The second kappa shape index (κ2) is 7.49. The number of aromatic nitrogens is 2. The van der Waals surface area contributed by atoms with Crippen LogP contribution in [0.1, 0.15) is 29.5 Å². The molecule has 24 heavy (non-hydrogen) atoms. The SMILES string of the molecule is Cc1c(Cl)nnc(N(C)C2CCN(Cc3ccccc3)CC2)c1C. The maximum absolute atomic E-state index is 6.07. The minimum atomic E-state index is 0.502. The van der Waals surface area contributed by atoms with Crippen LogP contribution in [-0.2, 0) is 6.54 Å². The summed E-state index contributed by atoms with van der Waals surface area (Å²) in [6.45, 7) is 7.35. The molecule has 1 saturated heterocycles. The Morgan fingerprint density at radius 1 is 1.08 bits per heavy atom. The number of hydrogen-bond donors (Lipinski definition) is 0. The molecule has 0 atom stereocenters. The predicted molar refractivity (Wildman–Crippen MR) is 99.7 cm³/mol. The van der Waals surface area contributed by atoms with E-state index < -0.39 is 0 Å². The Morgan fingerprint density at radius 3 is 2.42 bits per heavy atom. The first-order valence-corrected chi connectivity index (χ1v) is 8.92. The fourth-order valence-electron chi connectivity index (χ4n) is 3.38. The van der Waals surface area contributed by atoms with Crippen molar-refractivity contribution >= 4 is 17.4 Å².